The summed E-state index contributed by atoms with van der Waals surface area (Å²) in [6.07, 6.45) is 0. The van der Waals surface area contributed by atoms with E-state index < -0.39 is 30.4 Å². The van der Waals surface area contributed by atoms with Gasteiger partial charge in [0.25, 0.3) is 5.91 Å². The fraction of sp³-hybridized carbons (Fsp3) is 0.120. The summed E-state index contributed by atoms with van der Waals surface area (Å²) >= 11 is 0. The molecule has 3 aromatic rings. The van der Waals surface area contributed by atoms with Crippen molar-refractivity contribution in [3.05, 3.63) is 102 Å². The first-order chi connectivity index (χ1) is 15.6. The van der Waals surface area contributed by atoms with Crippen molar-refractivity contribution < 1.29 is 14.4 Å². The summed E-state index contributed by atoms with van der Waals surface area (Å²) in [6, 6.07) is 25.5. The van der Waals surface area contributed by atoms with Crippen molar-refractivity contribution in [1.29, 1.82) is 5.26 Å². The third-order valence-corrected chi connectivity index (χ3v) is 5.20. The van der Waals surface area contributed by atoms with Crippen molar-refractivity contribution >= 4 is 23.5 Å². The van der Waals surface area contributed by atoms with Crippen LogP contribution in [0.3, 0.4) is 0 Å². The molecule has 4 amide bonds. The standard InChI is InChI=1S/C25H20N4O3/c26-15-18-11-13-21(14-12-18)27-22(30)17-29-24(31)23(20-9-5-2-6-10-20)28(25(29)32)16-19-7-3-1-4-8-19/h1-14,23H,16-17H2,(H,27,30). The Morgan fingerprint density at radius 2 is 1.53 bits per heavy atom. The van der Waals surface area contributed by atoms with Gasteiger partial charge in [0.05, 0.1) is 11.6 Å². The molecule has 32 heavy (non-hydrogen) atoms. The summed E-state index contributed by atoms with van der Waals surface area (Å²) < 4.78 is 0. The average Bonchev–Trinajstić information content (AvgIpc) is 3.05. The second kappa shape index (κ2) is 9.14. The number of carbonyl (C=O) groups is 3. The maximum Gasteiger partial charge on any atom is 0.328 e. The highest BCUT2D eigenvalue weighted by Gasteiger charge is 2.46. The third-order valence-electron chi connectivity index (χ3n) is 5.20. The second-order valence-electron chi connectivity index (χ2n) is 7.37. The number of imide groups is 1. The Hall–Kier alpha value is -4.44. The number of anilines is 1. The molecule has 0 aliphatic carbocycles. The number of hydrogen-bond donors (Lipinski definition) is 1. The molecule has 1 fully saturated rings. The van der Waals surface area contributed by atoms with Gasteiger partial charge in [-0.1, -0.05) is 60.7 Å². The summed E-state index contributed by atoms with van der Waals surface area (Å²) in [7, 11) is 0. The number of hydrogen-bond acceptors (Lipinski definition) is 4. The van der Waals surface area contributed by atoms with E-state index in [1.165, 1.54) is 4.90 Å². The molecule has 1 N–H and O–H groups in total. The number of carbonyl (C=O) groups excluding carboxylic acids is 3. The molecule has 1 atom stereocenters. The van der Waals surface area contributed by atoms with E-state index in [0.29, 0.717) is 16.8 Å². The van der Waals surface area contributed by atoms with Crippen molar-refractivity contribution in [2.75, 3.05) is 11.9 Å². The van der Waals surface area contributed by atoms with E-state index in [1.54, 1.807) is 36.4 Å². The molecule has 1 aliphatic heterocycles. The molecule has 3 aromatic carbocycles. The summed E-state index contributed by atoms with van der Waals surface area (Å²) in [5, 5.41) is 11.6. The van der Waals surface area contributed by atoms with Crippen LogP contribution in [0, 0.1) is 11.3 Å². The largest absolute Gasteiger partial charge is 0.328 e. The molecule has 7 nitrogen and oxygen atoms in total. The van der Waals surface area contributed by atoms with E-state index in [2.05, 4.69) is 5.32 Å². The molecule has 7 heteroatoms. The number of nitrogens with zero attached hydrogens (tertiary/aromatic N) is 3. The van der Waals surface area contributed by atoms with E-state index in [0.717, 1.165) is 10.5 Å². The molecule has 0 saturated carbocycles. The fourth-order valence-electron chi connectivity index (χ4n) is 3.66. The lowest BCUT2D eigenvalue weighted by molar-refractivity contribution is -0.131. The predicted octanol–water partition coefficient (Wildman–Crippen LogP) is 3.70. The van der Waals surface area contributed by atoms with Gasteiger partial charge in [-0.05, 0) is 35.4 Å². The first-order valence-corrected chi connectivity index (χ1v) is 10.1. The highest BCUT2D eigenvalue weighted by molar-refractivity contribution is 6.08. The van der Waals surface area contributed by atoms with Crippen LogP contribution in [0.4, 0.5) is 10.5 Å². The van der Waals surface area contributed by atoms with Gasteiger partial charge < -0.3 is 10.2 Å². The normalized spacial score (nSPS) is 15.5. The minimum atomic E-state index is -0.799. The monoisotopic (exact) mass is 424 g/mol. The van der Waals surface area contributed by atoms with Crippen molar-refractivity contribution in [2.45, 2.75) is 12.6 Å². The van der Waals surface area contributed by atoms with Gasteiger partial charge in [0, 0.05) is 12.2 Å². The van der Waals surface area contributed by atoms with Gasteiger partial charge in [-0.2, -0.15) is 5.26 Å². The summed E-state index contributed by atoms with van der Waals surface area (Å²) in [4.78, 5) is 41.5. The van der Waals surface area contributed by atoms with Crippen LogP contribution in [0.15, 0.2) is 84.9 Å². The molecule has 1 heterocycles. The van der Waals surface area contributed by atoms with E-state index in [4.69, 9.17) is 5.26 Å². The number of nitriles is 1. The van der Waals surface area contributed by atoms with Crippen LogP contribution in [0.5, 0.6) is 0 Å². The third kappa shape index (κ3) is 4.35. The van der Waals surface area contributed by atoms with Gasteiger partial charge >= 0.3 is 6.03 Å². The molecule has 158 valence electrons. The lowest BCUT2D eigenvalue weighted by Crippen LogP contribution is -2.38. The zero-order valence-electron chi connectivity index (χ0n) is 17.1. The molecule has 4 rings (SSSR count). The lowest BCUT2D eigenvalue weighted by Gasteiger charge is -2.22. The van der Waals surface area contributed by atoms with Gasteiger partial charge in [-0.15, -0.1) is 0 Å². The van der Waals surface area contributed by atoms with Gasteiger partial charge in [0.2, 0.25) is 5.91 Å². The van der Waals surface area contributed by atoms with Crippen LogP contribution in [0.1, 0.15) is 22.7 Å². The highest BCUT2D eigenvalue weighted by atomic mass is 16.2. The zero-order chi connectivity index (χ0) is 22.5. The summed E-state index contributed by atoms with van der Waals surface area (Å²) in [6.45, 7) is -0.148. The Kier molecular flexibility index (Phi) is 5.95. The smallest absolute Gasteiger partial charge is 0.325 e. The maximum absolute atomic E-state index is 13.2. The first kappa shape index (κ1) is 20.8. The molecule has 1 unspecified atom stereocenters. The Morgan fingerprint density at radius 3 is 2.16 bits per heavy atom. The minimum absolute atomic E-state index is 0.249. The Morgan fingerprint density at radius 1 is 0.906 bits per heavy atom. The first-order valence-electron chi connectivity index (χ1n) is 10.1. The quantitative estimate of drug-likeness (QED) is 0.611. The number of benzene rings is 3. The highest BCUT2D eigenvalue weighted by Crippen LogP contribution is 2.32. The van der Waals surface area contributed by atoms with Crippen LogP contribution < -0.4 is 5.32 Å². The van der Waals surface area contributed by atoms with Crippen molar-refractivity contribution in [1.82, 2.24) is 9.80 Å². The molecular weight excluding hydrogens is 404 g/mol. The van der Waals surface area contributed by atoms with Crippen molar-refractivity contribution in [2.24, 2.45) is 0 Å². The van der Waals surface area contributed by atoms with Gasteiger partial charge in [-0.25, -0.2) is 4.79 Å². The predicted molar refractivity (Wildman–Crippen MR) is 118 cm³/mol. The van der Waals surface area contributed by atoms with Crippen LogP contribution >= 0.6 is 0 Å². The van der Waals surface area contributed by atoms with E-state index in [9.17, 15) is 14.4 Å². The molecule has 1 aliphatic rings. The summed E-state index contributed by atoms with van der Waals surface area (Å²) in [5.74, 6) is -0.933. The fourth-order valence-corrected chi connectivity index (χ4v) is 3.66. The van der Waals surface area contributed by atoms with Gasteiger partial charge in [-0.3, -0.25) is 14.5 Å². The van der Waals surface area contributed by atoms with Crippen molar-refractivity contribution in [3.8, 4) is 6.07 Å². The van der Waals surface area contributed by atoms with E-state index >= 15 is 0 Å². The van der Waals surface area contributed by atoms with Gasteiger partial charge in [0.15, 0.2) is 0 Å². The number of nitrogens with one attached hydrogen (secondary N) is 1. The lowest BCUT2D eigenvalue weighted by atomic mass is 10.1. The van der Waals surface area contributed by atoms with Crippen LogP contribution in [0.25, 0.3) is 0 Å². The van der Waals surface area contributed by atoms with E-state index in [-0.39, 0.29) is 6.54 Å². The second-order valence-corrected chi connectivity index (χ2v) is 7.37. The van der Waals surface area contributed by atoms with E-state index in [1.807, 2.05) is 54.6 Å². The molecule has 0 aromatic heterocycles. The Labute approximate surface area is 185 Å². The van der Waals surface area contributed by atoms with Crippen LogP contribution in [-0.2, 0) is 16.1 Å². The van der Waals surface area contributed by atoms with Crippen LogP contribution in [0.2, 0.25) is 0 Å². The maximum atomic E-state index is 13.2. The number of amides is 4. The number of rotatable bonds is 6. The SMILES string of the molecule is N#Cc1ccc(NC(=O)CN2C(=O)C(c3ccccc3)N(Cc3ccccc3)C2=O)cc1. The topological polar surface area (TPSA) is 93.5 Å². The zero-order valence-corrected chi connectivity index (χ0v) is 17.1. The Bertz CT molecular complexity index is 1170. The molecular formula is C25H20N4O3. The van der Waals surface area contributed by atoms with Crippen LogP contribution in [-0.4, -0.2) is 34.2 Å². The molecule has 0 spiro atoms. The summed E-state index contributed by atoms with van der Waals surface area (Å²) in [5.41, 5.74) is 2.53. The molecule has 0 bridgehead atoms. The molecule has 1 saturated heterocycles. The van der Waals surface area contributed by atoms with Gasteiger partial charge in [0.1, 0.15) is 12.6 Å². The molecule has 0 radical (unpaired) electrons. The minimum Gasteiger partial charge on any atom is -0.325 e. The average molecular weight is 424 g/mol. The Balaban J connectivity index is 1.55. The van der Waals surface area contributed by atoms with Crippen molar-refractivity contribution in [3.63, 3.8) is 0 Å². The number of urea groups is 1.